The van der Waals surface area contributed by atoms with Gasteiger partial charge in [-0.1, -0.05) is 0 Å². The summed E-state index contributed by atoms with van der Waals surface area (Å²) in [6, 6.07) is 6.47. The van der Waals surface area contributed by atoms with Crippen molar-refractivity contribution in [3.8, 4) is 5.75 Å². The molecule has 100 valence electrons. The zero-order valence-corrected chi connectivity index (χ0v) is 11.9. The van der Waals surface area contributed by atoms with Crippen molar-refractivity contribution in [2.75, 3.05) is 22.6 Å². The fourth-order valence-corrected chi connectivity index (χ4v) is 3.23. The lowest BCUT2D eigenvalue weighted by Crippen LogP contribution is -2.24. The van der Waals surface area contributed by atoms with E-state index in [9.17, 15) is 0 Å². The summed E-state index contributed by atoms with van der Waals surface area (Å²) in [6.07, 6.45) is 2.62. The van der Waals surface area contributed by atoms with Gasteiger partial charge in [0.25, 0.3) is 0 Å². The van der Waals surface area contributed by atoms with Crippen LogP contribution in [0.3, 0.4) is 0 Å². The average molecular weight is 266 g/mol. The van der Waals surface area contributed by atoms with E-state index in [2.05, 4.69) is 5.32 Å². The monoisotopic (exact) mass is 266 g/mol. The molecule has 3 N–H and O–H groups in total. The van der Waals surface area contributed by atoms with Crippen LogP contribution in [0.15, 0.2) is 18.2 Å². The van der Waals surface area contributed by atoms with Crippen molar-refractivity contribution in [1.29, 1.82) is 0 Å². The lowest BCUT2D eigenvalue weighted by Gasteiger charge is -2.24. The molecule has 0 radical (unpaired) electrons. The molecule has 1 aliphatic heterocycles. The van der Waals surface area contributed by atoms with Gasteiger partial charge in [-0.3, -0.25) is 0 Å². The van der Waals surface area contributed by atoms with Crippen molar-refractivity contribution in [2.45, 2.75) is 38.8 Å². The Hall–Kier alpha value is -1.03. The van der Waals surface area contributed by atoms with Gasteiger partial charge in [0.05, 0.1) is 6.10 Å². The molecule has 0 aliphatic carbocycles. The average Bonchev–Trinajstić information content (AvgIpc) is 2.28. The van der Waals surface area contributed by atoms with E-state index in [1.807, 2.05) is 43.8 Å². The third kappa shape index (κ3) is 4.02. The maximum Gasteiger partial charge on any atom is 0.123 e. The van der Waals surface area contributed by atoms with Crippen molar-refractivity contribution in [3.63, 3.8) is 0 Å². The fraction of sp³-hybridized carbons (Fsp3) is 0.571. The van der Waals surface area contributed by atoms with Gasteiger partial charge in [0.1, 0.15) is 5.75 Å². The Bertz CT molecular complexity index is 389. The van der Waals surface area contributed by atoms with Crippen LogP contribution in [-0.2, 0) is 0 Å². The Kier molecular flexibility index (Phi) is 4.64. The number of anilines is 2. The molecule has 3 nitrogen and oxygen atoms in total. The lowest BCUT2D eigenvalue weighted by atomic mass is 10.1. The van der Waals surface area contributed by atoms with E-state index in [0.717, 1.165) is 17.1 Å². The van der Waals surface area contributed by atoms with Gasteiger partial charge in [-0.15, -0.1) is 0 Å². The molecule has 0 saturated carbocycles. The molecule has 1 aromatic carbocycles. The Balaban J connectivity index is 2.04. The number of hydrogen-bond donors (Lipinski definition) is 2. The molecule has 18 heavy (non-hydrogen) atoms. The van der Waals surface area contributed by atoms with Gasteiger partial charge in [0.15, 0.2) is 0 Å². The second-order valence-corrected chi connectivity index (χ2v) is 6.21. The van der Waals surface area contributed by atoms with Gasteiger partial charge in [-0.25, -0.2) is 0 Å². The highest BCUT2D eigenvalue weighted by atomic mass is 32.2. The number of hydrogen-bond acceptors (Lipinski definition) is 4. The van der Waals surface area contributed by atoms with Crippen LogP contribution in [-0.4, -0.2) is 23.7 Å². The quantitative estimate of drug-likeness (QED) is 0.820. The Morgan fingerprint density at radius 1 is 1.28 bits per heavy atom. The first-order valence-corrected chi connectivity index (χ1v) is 7.70. The molecule has 0 unspecified atom stereocenters. The lowest BCUT2D eigenvalue weighted by molar-refractivity contribution is 0.242. The molecule has 4 heteroatoms. The summed E-state index contributed by atoms with van der Waals surface area (Å²) in [5, 5.41) is 3.56. The van der Waals surface area contributed by atoms with E-state index in [4.69, 9.17) is 10.5 Å². The van der Waals surface area contributed by atoms with Crippen LogP contribution >= 0.6 is 11.8 Å². The van der Waals surface area contributed by atoms with Crippen molar-refractivity contribution in [3.05, 3.63) is 18.2 Å². The minimum Gasteiger partial charge on any atom is -0.491 e. The van der Waals surface area contributed by atoms with E-state index in [1.165, 1.54) is 24.3 Å². The predicted molar refractivity (Wildman–Crippen MR) is 80.6 cm³/mol. The van der Waals surface area contributed by atoms with E-state index in [1.54, 1.807) is 0 Å². The highest BCUT2D eigenvalue weighted by molar-refractivity contribution is 7.99. The van der Waals surface area contributed by atoms with Gasteiger partial charge < -0.3 is 15.8 Å². The number of nitrogen functional groups attached to an aromatic ring is 1. The summed E-state index contributed by atoms with van der Waals surface area (Å²) >= 11 is 2.03. The topological polar surface area (TPSA) is 47.3 Å². The third-order valence-corrected chi connectivity index (χ3v) is 3.94. The molecule has 0 aromatic heterocycles. The standard InChI is InChI=1S/C14H22N2OS/c1-10(2)17-14-8-11(15)7-13(9-14)16-12-3-5-18-6-4-12/h7-10,12,16H,3-6,15H2,1-2H3. The molecule has 2 rings (SSSR count). The molecule has 0 bridgehead atoms. The second kappa shape index (κ2) is 6.23. The van der Waals surface area contributed by atoms with Crippen LogP contribution in [0.4, 0.5) is 11.4 Å². The van der Waals surface area contributed by atoms with Gasteiger partial charge >= 0.3 is 0 Å². The largest absolute Gasteiger partial charge is 0.491 e. The minimum absolute atomic E-state index is 0.172. The first kappa shape index (κ1) is 13.4. The Labute approximate surface area is 113 Å². The molecule has 1 saturated heterocycles. The van der Waals surface area contributed by atoms with E-state index < -0.39 is 0 Å². The van der Waals surface area contributed by atoms with E-state index >= 15 is 0 Å². The molecular formula is C14H22N2OS. The highest BCUT2D eigenvalue weighted by Crippen LogP contribution is 2.26. The van der Waals surface area contributed by atoms with Gasteiger partial charge in [-0.2, -0.15) is 11.8 Å². The Morgan fingerprint density at radius 2 is 2.00 bits per heavy atom. The van der Waals surface area contributed by atoms with E-state index in [-0.39, 0.29) is 6.10 Å². The van der Waals surface area contributed by atoms with Crippen molar-refractivity contribution in [2.24, 2.45) is 0 Å². The molecule has 1 fully saturated rings. The molecular weight excluding hydrogens is 244 g/mol. The second-order valence-electron chi connectivity index (χ2n) is 4.99. The smallest absolute Gasteiger partial charge is 0.123 e. The van der Waals surface area contributed by atoms with Crippen LogP contribution in [0.1, 0.15) is 26.7 Å². The van der Waals surface area contributed by atoms with Crippen LogP contribution in [0.2, 0.25) is 0 Å². The van der Waals surface area contributed by atoms with Gasteiger partial charge in [0.2, 0.25) is 0 Å². The van der Waals surface area contributed by atoms with Crippen LogP contribution in [0.5, 0.6) is 5.75 Å². The summed E-state index contributed by atoms with van der Waals surface area (Å²) in [6.45, 7) is 4.04. The van der Waals surface area contributed by atoms with Crippen LogP contribution < -0.4 is 15.8 Å². The number of nitrogens with two attached hydrogens (primary N) is 1. The van der Waals surface area contributed by atoms with Crippen LogP contribution in [0.25, 0.3) is 0 Å². The highest BCUT2D eigenvalue weighted by Gasteiger charge is 2.13. The third-order valence-electron chi connectivity index (χ3n) is 2.89. The fourth-order valence-electron chi connectivity index (χ4n) is 2.12. The molecule has 1 aliphatic rings. The van der Waals surface area contributed by atoms with Gasteiger partial charge in [0, 0.05) is 29.5 Å². The predicted octanol–water partition coefficient (Wildman–Crippen LogP) is 3.36. The number of nitrogens with one attached hydrogen (secondary N) is 1. The molecule has 0 atom stereocenters. The van der Waals surface area contributed by atoms with Crippen molar-refractivity contribution < 1.29 is 4.74 Å². The number of ether oxygens (including phenoxy) is 1. The zero-order chi connectivity index (χ0) is 13.0. The van der Waals surface area contributed by atoms with Crippen LogP contribution in [0, 0.1) is 0 Å². The van der Waals surface area contributed by atoms with E-state index in [0.29, 0.717) is 6.04 Å². The normalized spacial score (nSPS) is 16.8. The summed E-state index contributed by atoms with van der Waals surface area (Å²) in [5.41, 5.74) is 7.74. The summed E-state index contributed by atoms with van der Waals surface area (Å²) in [5.74, 6) is 3.34. The van der Waals surface area contributed by atoms with Crippen molar-refractivity contribution in [1.82, 2.24) is 0 Å². The Morgan fingerprint density at radius 3 is 2.67 bits per heavy atom. The van der Waals surface area contributed by atoms with Gasteiger partial charge in [-0.05, 0) is 44.3 Å². The summed E-state index contributed by atoms with van der Waals surface area (Å²) in [4.78, 5) is 0. The summed E-state index contributed by atoms with van der Waals surface area (Å²) in [7, 11) is 0. The zero-order valence-electron chi connectivity index (χ0n) is 11.1. The summed E-state index contributed by atoms with van der Waals surface area (Å²) < 4.78 is 5.70. The number of benzene rings is 1. The number of rotatable bonds is 4. The molecule has 0 amide bonds. The molecule has 0 spiro atoms. The molecule has 1 heterocycles. The van der Waals surface area contributed by atoms with Crippen molar-refractivity contribution >= 4 is 23.1 Å². The number of thioether (sulfide) groups is 1. The molecule has 1 aromatic rings. The first-order chi connectivity index (χ1) is 8.63. The maximum absolute atomic E-state index is 5.92. The SMILES string of the molecule is CC(C)Oc1cc(N)cc(NC2CCSCC2)c1. The first-order valence-electron chi connectivity index (χ1n) is 6.55. The maximum atomic E-state index is 5.92. The minimum atomic E-state index is 0.172.